The first-order valence-electron chi connectivity index (χ1n) is 5.89. The highest BCUT2D eigenvalue weighted by molar-refractivity contribution is 7.33. The lowest BCUT2D eigenvalue weighted by molar-refractivity contribution is -0.142. The van der Waals surface area contributed by atoms with Crippen molar-refractivity contribution in [3.05, 3.63) is 0 Å². The van der Waals surface area contributed by atoms with Crippen LogP contribution in [0.3, 0.4) is 0 Å². The molecule has 94 valence electrons. The van der Waals surface area contributed by atoms with E-state index in [9.17, 15) is 13.9 Å². The van der Waals surface area contributed by atoms with Gasteiger partial charge in [0, 0.05) is 0 Å². The third kappa shape index (κ3) is 7.63. The van der Waals surface area contributed by atoms with E-state index in [-0.39, 0.29) is 0 Å². The maximum atomic E-state index is 11.1. The second-order valence-electron chi connectivity index (χ2n) is 3.90. The van der Waals surface area contributed by atoms with Crippen LogP contribution in [0.4, 0.5) is 0 Å². The van der Waals surface area contributed by atoms with Gasteiger partial charge in [-0.2, -0.15) is 0 Å². The Hall–Kier alpha value is -0.630. The molecule has 0 heterocycles. The molecule has 0 saturated heterocycles. The maximum absolute atomic E-state index is 11.1. The molecule has 0 rings (SSSR count). The topological polar surface area (TPSA) is 60.4 Å². The van der Waals surface area contributed by atoms with Gasteiger partial charge in [-0.25, -0.2) is 9.13 Å². The molecule has 1 atom stereocenters. The van der Waals surface area contributed by atoms with Gasteiger partial charge in [0.15, 0.2) is 5.66 Å². The first-order chi connectivity index (χ1) is 7.59. The highest BCUT2D eigenvalue weighted by Gasteiger charge is 2.19. The smallest absolute Gasteiger partial charge is 0.329 e. The fourth-order valence-electron chi connectivity index (χ4n) is 1.26. The zero-order valence-corrected chi connectivity index (χ0v) is 11.0. The molecule has 0 aliphatic heterocycles. The lowest BCUT2D eigenvalue weighted by Gasteiger charge is -2.05. The minimum atomic E-state index is -2.71. The Labute approximate surface area is 97.6 Å². The van der Waals surface area contributed by atoms with Crippen molar-refractivity contribution in [1.29, 1.82) is 0 Å². The van der Waals surface area contributed by atoms with E-state index in [1.165, 1.54) is 26.2 Å². The van der Waals surface area contributed by atoms with Crippen LogP contribution in [0, 0.1) is 0 Å². The van der Waals surface area contributed by atoms with E-state index in [1.807, 2.05) is 0 Å². The number of hydrogen-bond donors (Lipinski definition) is 0. The third-order valence-electron chi connectivity index (χ3n) is 2.40. The molecule has 16 heavy (non-hydrogen) atoms. The van der Waals surface area contributed by atoms with Gasteiger partial charge >= 0.3 is 13.6 Å². The van der Waals surface area contributed by atoms with Gasteiger partial charge in [0.05, 0.1) is 6.61 Å². The van der Waals surface area contributed by atoms with Gasteiger partial charge in [-0.3, -0.25) is 4.79 Å². The van der Waals surface area contributed by atoms with Gasteiger partial charge in [-0.05, 0) is 13.3 Å². The molecule has 4 nitrogen and oxygen atoms in total. The number of rotatable bonds is 9. The van der Waals surface area contributed by atoms with Crippen molar-refractivity contribution in [3.8, 4) is 0 Å². The van der Waals surface area contributed by atoms with Crippen molar-refractivity contribution in [2.24, 2.45) is 0 Å². The lowest BCUT2D eigenvalue weighted by Crippen LogP contribution is -2.16. The molecule has 0 aliphatic carbocycles. The minimum absolute atomic E-state index is 0.332. The van der Waals surface area contributed by atoms with E-state index < -0.39 is 19.3 Å². The van der Waals surface area contributed by atoms with Gasteiger partial charge in [0.2, 0.25) is 0 Å². The second kappa shape index (κ2) is 9.59. The van der Waals surface area contributed by atoms with Crippen LogP contribution in [0.2, 0.25) is 0 Å². The monoisotopic (exact) mass is 248 g/mol. The van der Waals surface area contributed by atoms with Crippen LogP contribution >= 0.6 is 7.68 Å². The highest BCUT2D eigenvalue weighted by atomic mass is 31.1. The Morgan fingerprint density at radius 3 is 2.25 bits per heavy atom. The molecule has 5 heteroatoms. The number of unbranched alkanes of at least 4 members (excludes halogenated alkanes) is 5. The number of hydrogen-bond acceptors (Lipinski definition) is 4. The van der Waals surface area contributed by atoms with Gasteiger partial charge < -0.3 is 4.74 Å². The van der Waals surface area contributed by atoms with E-state index in [1.54, 1.807) is 0 Å². The molecular weight excluding hydrogens is 227 g/mol. The molecule has 0 aliphatic rings. The molecule has 0 aromatic carbocycles. The molecule has 1 unspecified atom stereocenters. The van der Waals surface area contributed by atoms with Crippen molar-refractivity contribution in [2.75, 3.05) is 6.61 Å². The largest absolute Gasteiger partial charge is 0.465 e. The van der Waals surface area contributed by atoms with Crippen LogP contribution in [-0.4, -0.2) is 18.2 Å². The summed E-state index contributed by atoms with van der Waals surface area (Å²) in [5.41, 5.74) is -1.02. The number of carbonyl (C=O) groups is 1. The van der Waals surface area contributed by atoms with Gasteiger partial charge in [-0.15, -0.1) is 0 Å². The minimum Gasteiger partial charge on any atom is -0.465 e. The maximum Gasteiger partial charge on any atom is 0.329 e. The van der Waals surface area contributed by atoms with Crippen molar-refractivity contribution in [1.82, 2.24) is 0 Å². The zero-order chi connectivity index (χ0) is 12.4. The summed E-state index contributed by atoms with van der Waals surface area (Å²) in [4.78, 5) is 11.1. The summed E-state index contributed by atoms with van der Waals surface area (Å²) in [6.07, 6.45) is 6.67. The number of esters is 1. The van der Waals surface area contributed by atoms with E-state index in [0.717, 1.165) is 19.3 Å². The molecule has 0 aromatic heterocycles. The van der Waals surface area contributed by atoms with Gasteiger partial charge in [-0.1, -0.05) is 39.0 Å². The molecular formula is C11H21O4P. The van der Waals surface area contributed by atoms with Crippen LogP contribution in [0.5, 0.6) is 0 Å². The Bertz CT molecular complexity index is 253. The van der Waals surface area contributed by atoms with E-state index in [2.05, 4.69) is 6.92 Å². The van der Waals surface area contributed by atoms with Crippen molar-refractivity contribution >= 4 is 13.6 Å². The summed E-state index contributed by atoms with van der Waals surface area (Å²) >= 11 is 0. The molecule has 0 aromatic rings. The molecule has 0 saturated carbocycles. The fourth-order valence-corrected chi connectivity index (χ4v) is 1.51. The summed E-state index contributed by atoms with van der Waals surface area (Å²) in [7, 11) is -2.71. The summed E-state index contributed by atoms with van der Waals surface area (Å²) in [5, 5.41) is 0. The molecule has 0 amide bonds. The summed E-state index contributed by atoms with van der Waals surface area (Å²) < 4.78 is 25.8. The van der Waals surface area contributed by atoms with Gasteiger partial charge in [0.25, 0.3) is 0 Å². The van der Waals surface area contributed by atoms with Crippen LogP contribution in [-0.2, 0) is 18.7 Å². The Morgan fingerprint density at radius 2 is 1.69 bits per heavy atom. The molecule has 0 radical (unpaired) electrons. The average molecular weight is 248 g/mol. The summed E-state index contributed by atoms with van der Waals surface area (Å²) in [6.45, 7) is 3.83. The van der Waals surface area contributed by atoms with Gasteiger partial charge in [0.1, 0.15) is 0 Å². The lowest BCUT2D eigenvalue weighted by atomic mass is 10.1. The Morgan fingerprint density at radius 1 is 1.12 bits per heavy atom. The predicted molar refractivity (Wildman–Crippen MR) is 62.1 cm³/mol. The fraction of sp³-hybridized carbons (Fsp3) is 0.909. The van der Waals surface area contributed by atoms with E-state index >= 15 is 0 Å². The first kappa shape index (κ1) is 15.4. The van der Waals surface area contributed by atoms with E-state index in [0.29, 0.717) is 6.61 Å². The number of ether oxygens (including phenoxy) is 1. The predicted octanol–water partition coefficient (Wildman–Crippen LogP) is 3.45. The van der Waals surface area contributed by atoms with Crippen molar-refractivity contribution in [2.45, 2.75) is 58.0 Å². The quantitative estimate of drug-likeness (QED) is 0.356. The molecule has 0 bridgehead atoms. The van der Waals surface area contributed by atoms with Crippen molar-refractivity contribution < 1.29 is 18.7 Å². The van der Waals surface area contributed by atoms with E-state index in [4.69, 9.17) is 4.74 Å². The Balaban J connectivity index is 3.41. The van der Waals surface area contributed by atoms with Crippen molar-refractivity contribution in [3.63, 3.8) is 0 Å². The average Bonchev–Trinajstić information content (AvgIpc) is 2.26. The van der Waals surface area contributed by atoms with Crippen LogP contribution in [0.25, 0.3) is 0 Å². The highest BCUT2D eigenvalue weighted by Crippen LogP contribution is 2.15. The molecule has 0 N–H and O–H groups in total. The SMILES string of the molecule is CCCCCCCCOC(=O)C(C)P(=O)=O. The number of carbonyl (C=O) groups excluding carboxylic acids is 1. The first-order valence-corrected chi connectivity index (χ1v) is 7.14. The van der Waals surface area contributed by atoms with Crippen LogP contribution in [0.15, 0.2) is 0 Å². The summed E-state index contributed by atoms with van der Waals surface area (Å²) in [6, 6.07) is 0. The normalized spacial score (nSPS) is 12.1. The Kier molecular flexibility index (Phi) is 9.21. The van der Waals surface area contributed by atoms with Crippen LogP contribution < -0.4 is 0 Å². The van der Waals surface area contributed by atoms with Crippen LogP contribution in [0.1, 0.15) is 52.4 Å². The molecule has 0 fully saturated rings. The second-order valence-corrected chi connectivity index (χ2v) is 5.24. The molecule has 0 spiro atoms. The third-order valence-corrected chi connectivity index (χ3v) is 3.24. The zero-order valence-electron chi connectivity index (χ0n) is 10.1. The summed E-state index contributed by atoms with van der Waals surface area (Å²) in [5.74, 6) is -0.635. The standard InChI is InChI=1S/C11H21O4P/c1-3-4-5-6-7-8-9-15-11(12)10(2)16(13)14/h10H,3-9H2,1-2H3.